The van der Waals surface area contributed by atoms with Gasteiger partial charge in [-0.2, -0.15) is 0 Å². The zero-order valence-corrected chi connectivity index (χ0v) is 16.9. The third-order valence-electron chi connectivity index (χ3n) is 5.14. The Kier molecular flexibility index (Phi) is 5.93. The van der Waals surface area contributed by atoms with Crippen LogP contribution >= 0.6 is 0 Å². The molecule has 1 heterocycles. The summed E-state index contributed by atoms with van der Waals surface area (Å²) in [5.74, 6) is -1.85. The van der Waals surface area contributed by atoms with Crippen LogP contribution in [0.2, 0.25) is 0 Å². The first kappa shape index (κ1) is 21.2. The van der Waals surface area contributed by atoms with Crippen LogP contribution in [0.3, 0.4) is 0 Å². The highest BCUT2D eigenvalue weighted by Crippen LogP contribution is 2.27. The molecule has 0 saturated carbocycles. The number of benzene rings is 3. The maximum Gasteiger partial charge on any atom is 0.322 e. The molecule has 6 nitrogen and oxygen atoms in total. The van der Waals surface area contributed by atoms with E-state index in [1.165, 1.54) is 53.4 Å². The van der Waals surface area contributed by atoms with Crippen LogP contribution in [0.1, 0.15) is 12.0 Å². The second-order valence-electron chi connectivity index (χ2n) is 7.31. The average Bonchev–Trinajstić information content (AvgIpc) is 3.09. The van der Waals surface area contributed by atoms with Crippen LogP contribution in [0.5, 0.6) is 0 Å². The van der Waals surface area contributed by atoms with Crippen molar-refractivity contribution in [1.82, 2.24) is 4.90 Å². The highest BCUT2D eigenvalue weighted by atomic mass is 19.1. The largest absolute Gasteiger partial charge is 0.322 e. The Morgan fingerprint density at radius 3 is 2.12 bits per heavy atom. The van der Waals surface area contributed by atoms with Crippen LogP contribution in [0.15, 0.2) is 78.9 Å². The van der Waals surface area contributed by atoms with Crippen molar-refractivity contribution in [1.29, 1.82) is 0 Å². The second-order valence-corrected chi connectivity index (χ2v) is 7.31. The molecule has 1 aliphatic heterocycles. The van der Waals surface area contributed by atoms with Gasteiger partial charge in [0.15, 0.2) is 0 Å². The van der Waals surface area contributed by atoms with Gasteiger partial charge in [0, 0.05) is 12.2 Å². The van der Waals surface area contributed by atoms with Crippen molar-refractivity contribution in [3.05, 3.63) is 96.1 Å². The van der Waals surface area contributed by atoms with Crippen LogP contribution in [0.4, 0.5) is 25.0 Å². The van der Waals surface area contributed by atoms with Gasteiger partial charge in [0.25, 0.3) is 5.91 Å². The molecule has 3 aromatic rings. The zero-order valence-electron chi connectivity index (χ0n) is 16.9. The van der Waals surface area contributed by atoms with E-state index in [2.05, 4.69) is 5.32 Å². The fraction of sp³-hybridized carbons (Fsp3) is 0.125. The van der Waals surface area contributed by atoms with Gasteiger partial charge >= 0.3 is 6.03 Å². The highest BCUT2D eigenvalue weighted by Gasteiger charge is 2.44. The Bertz CT molecular complexity index is 1140. The van der Waals surface area contributed by atoms with Crippen molar-refractivity contribution in [2.24, 2.45) is 0 Å². The van der Waals surface area contributed by atoms with Gasteiger partial charge in [-0.15, -0.1) is 0 Å². The minimum atomic E-state index is -1.05. The minimum absolute atomic E-state index is 0.0282. The number of urea groups is 1. The number of carbonyl (C=O) groups is 3. The molecule has 0 aliphatic carbocycles. The number of rotatable bonds is 5. The molecular formula is C24H19F2N3O3. The number of hydrogen-bond acceptors (Lipinski definition) is 3. The smallest absolute Gasteiger partial charge is 0.308 e. The van der Waals surface area contributed by atoms with Gasteiger partial charge in [-0.3, -0.25) is 9.59 Å². The SMILES string of the molecule is O=C1C[C@H](N(Cc2ccc(F)cc2)C(=O)Nc2ccc(F)cc2)C(=O)N1c1ccccc1. The van der Waals surface area contributed by atoms with Crippen molar-refractivity contribution < 1.29 is 23.2 Å². The summed E-state index contributed by atoms with van der Waals surface area (Å²) in [4.78, 5) is 41.3. The molecule has 162 valence electrons. The quantitative estimate of drug-likeness (QED) is 0.607. The van der Waals surface area contributed by atoms with E-state index in [0.29, 0.717) is 16.9 Å². The van der Waals surface area contributed by atoms with Gasteiger partial charge in [-0.1, -0.05) is 30.3 Å². The fourth-order valence-corrected chi connectivity index (χ4v) is 3.55. The van der Waals surface area contributed by atoms with Crippen LogP contribution in [-0.4, -0.2) is 28.8 Å². The molecule has 1 atom stereocenters. The third kappa shape index (κ3) is 4.49. The summed E-state index contributed by atoms with van der Waals surface area (Å²) in [5, 5.41) is 2.63. The average molecular weight is 435 g/mol. The Labute approximate surface area is 183 Å². The normalized spacial score (nSPS) is 15.7. The molecule has 1 fully saturated rings. The summed E-state index contributed by atoms with van der Waals surface area (Å²) >= 11 is 0. The molecule has 0 radical (unpaired) electrons. The molecule has 0 aromatic heterocycles. The van der Waals surface area contributed by atoms with Crippen LogP contribution < -0.4 is 10.2 Å². The first-order valence-electron chi connectivity index (χ1n) is 9.92. The Balaban J connectivity index is 1.62. The summed E-state index contributed by atoms with van der Waals surface area (Å²) in [7, 11) is 0. The van der Waals surface area contributed by atoms with Crippen molar-refractivity contribution in [3.63, 3.8) is 0 Å². The molecule has 8 heteroatoms. The lowest BCUT2D eigenvalue weighted by atomic mass is 10.1. The molecule has 3 aromatic carbocycles. The number of hydrogen-bond donors (Lipinski definition) is 1. The van der Waals surface area contributed by atoms with Crippen LogP contribution in [0.25, 0.3) is 0 Å². The zero-order chi connectivity index (χ0) is 22.7. The van der Waals surface area contributed by atoms with Crippen molar-refractivity contribution in [2.45, 2.75) is 19.0 Å². The van der Waals surface area contributed by atoms with Crippen molar-refractivity contribution in [3.8, 4) is 0 Å². The molecule has 1 saturated heterocycles. The Morgan fingerprint density at radius 1 is 0.906 bits per heavy atom. The molecule has 0 spiro atoms. The molecule has 4 amide bonds. The number of imide groups is 1. The summed E-state index contributed by atoms with van der Waals surface area (Å²) in [5.41, 5.74) is 1.34. The topological polar surface area (TPSA) is 69.7 Å². The van der Waals surface area contributed by atoms with Gasteiger partial charge in [0.05, 0.1) is 12.1 Å². The van der Waals surface area contributed by atoms with E-state index < -0.39 is 35.5 Å². The first-order chi connectivity index (χ1) is 15.4. The first-order valence-corrected chi connectivity index (χ1v) is 9.92. The number of para-hydroxylation sites is 1. The molecule has 32 heavy (non-hydrogen) atoms. The lowest BCUT2D eigenvalue weighted by molar-refractivity contribution is -0.122. The second kappa shape index (κ2) is 8.97. The minimum Gasteiger partial charge on any atom is -0.308 e. The Morgan fingerprint density at radius 2 is 1.50 bits per heavy atom. The third-order valence-corrected chi connectivity index (χ3v) is 5.14. The number of nitrogens with one attached hydrogen (secondary N) is 1. The van der Waals surface area contributed by atoms with Gasteiger partial charge in [-0.05, 0) is 54.1 Å². The van der Waals surface area contributed by atoms with Crippen LogP contribution in [-0.2, 0) is 16.1 Å². The summed E-state index contributed by atoms with van der Waals surface area (Å²) in [6, 6.07) is 17.5. The number of amides is 4. The number of halogens is 2. The van der Waals surface area contributed by atoms with E-state index in [9.17, 15) is 23.2 Å². The van der Waals surface area contributed by atoms with E-state index in [-0.39, 0.29) is 13.0 Å². The van der Waals surface area contributed by atoms with Crippen molar-refractivity contribution in [2.75, 3.05) is 10.2 Å². The molecule has 1 aliphatic rings. The maximum atomic E-state index is 13.3. The predicted molar refractivity (Wildman–Crippen MR) is 115 cm³/mol. The molecule has 0 bridgehead atoms. The van der Waals surface area contributed by atoms with E-state index >= 15 is 0 Å². The van der Waals surface area contributed by atoms with Crippen LogP contribution in [0, 0.1) is 11.6 Å². The van der Waals surface area contributed by atoms with Gasteiger partial charge in [0.1, 0.15) is 17.7 Å². The number of carbonyl (C=O) groups excluding carboxylic acids is 3. The van der Waals surface area contributed by atoms with Gasteiger partial charge in [-0.25, -0.2) is 18.5 Å². The number of anilines is 2. The lowest BCUT2D eigenvalue weighted by Gasteiger charge is -2.28. The Hall–Kier alpha value is -4.07. The highest BCUT2D eigenvalue weighted by molar-refractivity contribution is 6.23. The maximum absolute atomic E-state index is 13.3. The fourth-order valence-electron chi connectivity index (χ4n) is 3.55. The predicted octanol–water partition coefficient (Wildman–Crippen LogP) is 4.33. The van der Waals surface area contributed by atoms with Gasteiger partial charge in [0.2, 0.25) is 5.91 Å². The lowest BCUT2D eigenvalue weighted by Crippen LogP contribution is -2.46. The van der Waals surface area contributed by atoms with Crippen molar-refractivity contribution >= 4 is 29.2 Å². The molecular weight excluding hydrogens is 416 g/mol. The molecule has 1 N–H and O–H groups in total. The molecule has 0 unspecified atom stereocenters. The van der Waals surface area contributed by atoms with E-state index in [4.69, 9.17) is 0 Å². The summed E-state index contributed by atoms with van der Waals surface area (Å²) in [6.45, 7) is -0.0282. The molecule has 4 rings (SSSR count). The van der Waals surface area contributed by atoms with E-state index in [0.717, 1.165) is 4.90 Å². The monoisotopic (exact) mass is 435 g/mol. The standard InChI is InChI=1S/C24H19F2N3O3/c25-17-8-6-16(7-9-17)15-28(24(32)27-19-12-10-18(26)11-13-19)21-14-22(30)29(23(21)31)20-4-2-1-3-5-20/h1-13,21H,14-15H2,(H,27,32)/t21-/m0/s1. The summed E-state index contributed by atoms with van der Waals surface area (Å²) in [6.07, 6.45) is -0.189. The van der Waals surface area contributed by atoms with E-state index in [1.54, 1.807) is 30.3 Å². The summed E-state index contributed by atoms with van der Waals surface area (Å²) < 4.78 is 26.5. The van der Waals surface area contributed by atoms with E-state index in [1.807, 2.05) is 0 Å². The van der Waals surface area contributed by atoms with Gasteiger partial charge < -0.3 is 10.2 Å². The number of nitrogens with zero attached hydrogens (tertiary/aromatic N) is 2.